The molecule has 2 aliphatic carbocycles. The third-order valence-electron chi connectivity index (χ3n) is 9.05. The largest absolute Gasteiger partial charge is 0.472 e. The van der Waals surface area contributed by atoms with E-state index < -0.39 is 52.4 Å². The van der Waals surface area contributed by atoms with Gasteiger partial charge in [-0.1, -0.05) is 19.9 Å². The zero-order valence-electron chi connectivity index (χ0n) is 21.8. The molecule has 1 aliphatic heterocycles. The van der Waals surface area contributed by atoms with Gasteiger partial charge >= 0.3 is 17.9 Å². The summed E-state index contributed by atoms with van der Waals surface area (Å²) in [5, 5.41) is 0.818. The van der Waals surface area contributed by atoms with Crippen LogP contribution < -0.4 is 0 Å². The summed E-state index contributed by atoms with van der Waals surface area (Å²) in [4.78, 5) is 53.8. The number of ether oxygens (including phenoxy) is 3. The highest BCUT2D eigenvalue weighted by Crippen LogP contribution is 2.64. The Kier molecular flexibility index (Phi) is 5.78. The van der Waals surface area contributed by atoms with E-state index >= 15 is 0 Å². The number of furan rings is 2. The number of carbonyl (C=O) groups excluding carboxylic acids is 4. The Balaban J connectivity index is 1.40. The van der Waals surface area contributed by atoms with Crippen LogP contribution in [0.4, 0.5) is 0 Å². The van der Waals surface area contributed by atoms with Crippen LogP contribution in [0.3, 0.4) is 0 Å². The molecule has 9 heteroatoms. The molecule has 0 radical (unpaired) electrons. The number of carbonyl (C=O) groups is 4. The smallest absolute Gasteiger partial charge is 0.343 e. The van der Waals surface area contributed by atoms with Crippen molar-refractivity contribution in [1.82, 2.24) is 0 Å². The first kappa shape index (κ1) is 25.2. The van der Waals surface area contributed by atoms with Gasteiger partial charge in [-0.3, -0.25) is 14.4 Å². The number of benzene rings is 1. The maximum atomic E-state index is 14.2. The highest BCUT2D eigenvalue weighted by Gasteiger charge is 2.66. The van der Waals surface area contributed by atoms with Crippen molar-refractivity contribution in [3.63, 3.8) is 0 Å². The molecule has 3 aliphatic rings. The zero-order chi connectivity index (χ0) is 27.5. The molecule has 1 saturated carbocycles. The summed E-state index contributed by atoms with van der Waals surface area (Å²) in [6, 6.07) is 8.34. The van der Waals surface area contributed by atoms with Gasteiger partial charge in [-0.2, -0.15) is 0 Å². The van der Waals surface area contributed by atoms with E-state index in [2.05, 4.69) is 0 Å². The third kappa shape index (κ3) is 3.82. The summed E-state index contributed by atoms with van der Waals surface area (Å²) in [5.74, 6) is -4.55. The number of rotatable bonds is 4. The Labute approximate surface area is 224 Å². The molecule has 202 valence electrons. The standard InChI is InChI=1S/C30H28O9/c1-29-9-6-19-28(34)39-23(18-7-10-36-15-18)14-30(19,2)25(29)24(31)22(13-20(29)27(33)35-3)38-26(32)17-5-4-16-8-11-37-21(16)12-17/h4-5,7-8,10-13,15,19-20,23,25H,6,9,14H2,1-3H3/t19-,20-,23-,25-,29-,30-/m0/s1. The van der Waals surface area contributed by atoms with Gasteiger partial charge in [-0.15, -0.1) is 0 Å². The van der Waals surface area contributed by atoms with E-state index in [0.717, 1.165) is 5.39 Å². The lowest BCUT2D eigenvalue weighted by atomic mass is 9.44. The minimum absolute atomic E-state index is 0.197. The second kappa shape index (κ2) is 8.97. The van der Waals surface area contributed by atoms with Crippen LogP contribution in [0.5, 0.6) is 0 Å². The molecule has 2 fully saturated rings. The second-order valence-electron chi connectivity index (χ2n) is 11.2. The molecule has 0 N–H and O–H groups in total. The number of allylic oxidation sites excluding steroid dienone is 1. The summed E-state index contributed by atoms with van der Waals surface area (Å²) in [7, 11) is 1.29. The van der Waals surface area contributed by atoms with Crippen molar-refractivity contribution in [3.8, 4) is 0 Å². The van der Waals surface area contributed by atoms with Crippen LogP contribution in [0, 0.1) is 28.6 Å². The molecule has 9 nitrogen and oxygen atoms in total. The maximum absolute atomic E-state index is 14.2. The number of esters is 3. The fourth-order valence-corrected chi connectivity index (χ4v) is 7.13. The van der Waals surface area contributed by atoms with Gasteiger partial charge in [0.2, 0.25) is 5.78 Å². The molecular formula is C30H28O9. The van der Waals surface area contributed by atoms with Crippen LogP contribution in [0.1, 0.15) is 55.1 Å². The second-order valence-corrected chi connectivity index (χ2v) is 11.2. The number of ketones is 1. The number of hydrogen-bond donors (Lipinski definition) is 0. The van der Waals surface area contributed by atoms with Crippen LogP contribution in [0.15, 0.2) is 69.8 Å². The average molecular weight is 533 g/mol. The van der Waals surface area contributed by atoms with Crippen LogP contribution in [0.25, 0.3) is 11.0 Å². The lowest BCUT2D eigenvalue weighted by Gasteiger charge is -2.59. The van der Waals surface area contributed by atoms with Crippen molar-refractivity contribution in [2.45, 2.75) is 39.2 Å². The minimum atomic E-state index is -0.882. The predicted molar refractivity (Wildman–Crippen MR) is 135 cm³/mol. The van der Waals surface area contributed by atoms with Crippen LogP contribution >= 0.6 is 0 Å². The molecule has 0 amide bonds. The van der Waals surface area contributed by atoms with Gasteiger partial charge in [0.05, 0.1) is 43.3 Å². The zero-order valence-corrected chi connectivity index (χ0v) is 21.8. The molecular weight excluding hydrogens is 504 g/mol. The molecule has 3 aromatic rings. The first-order chi connectivity index (χ1) is 18.7. The number of cyclic esters (lactones) is 1. The molecule has 0 spiro atoms. The van der Waals surface area contributed by atoms with Gasteiger partial charge in [0, 0.05) is 16.9 Å². The Morgan fingerprint density at radius 1 is 1.05 bits per heavy atom. The summed E-state index contributed by atoms with van der Waals surface area (Å²) in [6.07, 6.45) is 6.55. The van der Waals surface area contributed by atoms with E-state index in [4.69, 9.17) is 23.0 Å². The van der Waals surface area contributed by atoms with E-state index in [0.29, 0.717) is 30.4 Å². The molecule has 0 bridgehead atoms. The van der Waals surface area contributed by atoms with Gasteiger partial charge in [-0.25, -0.2) is 4.79 Å². The van der Waals surface area contributed by atoms with Gasteiger partial charge in [0.15, 0.2) is 5.76 Å². The maximum Gasteiger partial charge on any atom is 0.343 e. The van der Waals surface area contributed by atoms with E-state index in [1.54, 1.807) is 24.3 Å². The molecule has 3 heterocycles. The summed E-state index contributed by atoms with van der Waals surface area (Å²) >= 11 is 0. The van der Waals surface area contributed by atoms with Crippen LogP contribution in [0.2, 0.25) is 0 Å². The van der Waals surface area contributed by atoms with Crippen LogP contribution in [-0.4, -0.2) is 30.8 Å². The van der Waals surface area contributed by atoms with Crippen molar-refractivity contribution < 1.29 is 42.2 Å². The SMILES string of the molecule is COC(=O)[C@@H]1C=C(OC(=O)c2ccc3ccoc3c2)C(=O)[C@H]2[C@@]1(C)CC[C@H]1C(=O)O[C@H](c3ccoc3)C[C@]21C. The summed E-state index contributed by atoms with van der Waals surface area (Å²) in [6.45, 7) is 3.78. The minimum Gasteiger partial charge on any atom is -0.472 e. The third-order valence-corrected chi connectivity index (χ3v) is 9.05. The highest BCUT2D eigenvalue weighted by molar-refractivity contribution is 6.04. The van der Waals surface area contributed by atoms with Crippen molar-refractivity contribution in [1.29, 1.82) is 0 Å². The summed E-state index contributed by atoms with van der Waals surface area (Å²) < 4.78 is 27.2. The summed E-state index contributed by atoms with van der Waals surface area (Å²) in [5.41, 5.74) is -0.354. The fourth-order valence-electron chi connectivity index (χ4n) is 7.13. The van der Waals surface area contributed by atoms with Crippen molar-refractivity contribution in [2.75, 3.05) is 7.11 Å². The van der Waals surface area contributed by atoms with E-state index in [1.807, 2.05) is 13.8 Å². The average Bonchev–Trinajstić information content (AvgIpc) is 3.61. The van der Waals surface area contributed by atoms with Crippen molar-refractivity contribution in [2.24, 2.45) is 28.6 Å². The van der Waals surface area contributed by atoms with Crippen molar-refractivity contribution in [3.05, 3.63) is 72.1 Å². The lowest BCUT2D eigenvalue weighted by molar-refractivity contribution is -0.197. The number of Topliss-reactive ketones (excluding diaryl/α,β-unsaturated/α-hetero) is 1. The molecule has 39 heavy (non-hydrogen) atoms. The molecule has 6 rings (SSSR count). The lowest BCUT2D eigenvalue weighted by Crippen LogP contribution is -2.61. The molecule has 0 unspecified atom stereocenters. The number of hydrogen-bond acceptors (Lipinski definition) is 9. The first-order valence-electron chi connectivity index (χ1n) is 12.9. The topological polar surface area (TPSA) is 122 Å². The monoisotopic (exact) mass is 532 g/mol. The van der Waals surface area contributed by atoms with E-state index in [9.17, 15) is 19.2 Å². The highest BCUT2D eigenvalue weighted by atomic mass is 16.6. The molecule has 1 saturated heterocycles. The van der Waals surface area contributed by atoms with E-state index in [1.165, 1.54) is 38.0 Å². The Bertz CT molecular complexity index is 1510. The molecule has 2 aromatic heterocycles. The number of methoxy groups -OCH3 is 1. The quantitative estimate of drug-likeness (QED) is 0.331. The van der Waals surface area contributed by atoms with Gasteiger partial charge in [0.1, 0.15) is 11.7 Å². The van der Waals surface area contributed by atoms with Gasteiger partial charge < -0.3 is 23.0 Å². The first-order valence-corrected chi connectivity index (χ1v) is 12.9. The molecule has 1 aromatic carbocycles. The van der Waals surface area contributed by atoms with Crippen LogP contribution in [-0.2, 0) is 28.6 Å². The van der Waals surface area contributed by atoms with E-state index in [-0.39, 0.29) is 17.3 Å². The molecule has 6 atom stereocenters. The Morgan fingerprint density at radius 2 is 1.87 bits per heavy atom. The van der Waals surface area contributed by atoms with Crippen molar-refractivity contribution >= 4 is 34.7 Å². The number of fused-ring (bicyclic) bond motifs is 4. The van der Waals surface area contributed by atoms with Gasteiger partial charge in [-0.05, 0) is 60.4 Å². The Hall–Kier alpha value is -4.14. The Morgan fingerprint density at radius 3 is 2.62 bits per heavy atom. The normalized spacial score (nSPS) is 32.0. The fraction of sp³-hybridized carbons (Fsp3) is 0.400. The van der Waals surface area contributed by atoms with Gasteiger partial charge in [0.25, 0.3) is 0 Å². The predicted octanol–water partition coefficient (Wildman–Crippen LogP) is 5.17.